The molecule has 0 bridgehead atoms. The van der Waals surface area contributed by atoms with Crippen LogP contribution in [0.2, 0.25) is 0 Å². The molecule has 0 radical (unpaired) electrons. The maximum absolute atomic E-state index is 12.8. The lowest BCUT2D eigenvalue weighted by atomic mass is 10.1. The van der Waals surface area contributed by atoms with Gasteiger partial charge in [0, 0.05) is 18.0 Å². The number of ether oxygens (including phenoxy) is 1. The summed E-state index contributed by atoms with van der Waals surface area (Å²) in [5.74, 6) is -0.245. The predicted octanol–water partition coefficient (Wildman–Crippen LogP) is 2.51. The van der Waals surface area contributed by atoms with E-state index in [4.69, 9.17) is 10.5 Å². The first-order chi connectivity index (χ1) is 14.0. The maximum atomic E-state index is 12.8. The van der Waals surface area contributed by atoms with Crippen LogP contribution in [0.5, 0.6) is 0 Å². The molecule has 0 atom stereocenters. The molecule has 148 valence electrons. The first-order valence-electron chi connectivity index (χ1n) is 9.57. The van der Waals surface area contributed by atoms with Crippen LogP contribution in [0.4, 0.5) is 0 Å². The zero-order valence-corrected chi connectivity index (χ0v) is 15.8. The van der Waals surface area contributed by atoms with Gasteiger partial charge in [0.25, 0.3) is 5.56 Å². The molecule has 1 amide bonds. The number of aromatic nitrogens is 2. The Morgan fingerprint density at radius 1 is 1.10 bits per heavy atom. The van der Waals surface area contributed by atoms with Crippen LogP contribution in [0.15, 0.2) is 53.3 Å². The standard InChI is InChI=1S/C22H21N3O4/c23-21(27)15-7-5-14(6-8-15)13-29-20(26)12-11-19-24-18-4-2-1-3-17(18)22(28)25(19)16-9-10-16/h1-8,16H,9-13H2,(H2,23,27). The lowest BCUT2D eigenvalue weighted by Crippen LogP contribution is -2.25. The number of esters is 1. The van der Waals surface area contributed by atoms with Crippen molar-refractivity contribution in [2.45, 2.75) is 38.3 Å². The van der Waals surface area contributed by atoms with E-state index in [9.17, 15) is 14.4 Å². The van der Waals surface area contributed by atoms with Crippen molar-refractivity contribution in [1.82, 2.24) is 9.55 Å². The molecule has 2 N–H and O–H groups in total. The molecule has 1 heterocycles. The molecule has 0 aliphatic heterocycles. The third-order valence-corrected chi connectivity index (χ3v) is 4.98. The summed E-state index contributed by atoms with van der Waals surface area (Å²) in [6, 6.07) is 14.0. The summed E-state index contributed by atoms with van der Waals surface area (Å²) in [6.07, 6.45) is 2.39. The highest BCUT2D eigenvalue weighted by molar-refractivity contribution is 5.92. The van der Waals surface area contributed by atoms with Crippen molar-refractivity contribution >= 4 is 22.8 Å². The van der Waals surface area contributed by atoms with Gasteiger partial charge in [-0.05, 0) is 42.7 Å². The van der Waals surface area contributed by atoms with E-state index >= 15 is 0 Å². The predicted molar refractivity (Wildman–Crippen MR) is 107 cm³/mol. The highest BCUT2D eigenvalue weighted by Crippen LogP contribution is 2.34. The van der Waals surface area contributed by atoms with Crippen LogP contribution in [0, 0.1) is 0 Å². The summed E-state index contributed by atoms with van der Waals surface area (Å²) in [4.78, 5) is 40.7. The van der Waals surface area contributed by atoms with E-state index in [1.165, 1.54) is 0 Å². The molecule has 0 spiro atoms. The lowest BCUT2D eigenvalue weighted by Gasteiger charge is -2.12. The van der Waals surface area contributed by atoms with Gasteiger partial charge in [-0.15, -0.1) is 0 Å². The minimum absolute atomic E-state index is 0.0454. The summed E-state index contributed by atoms with van der Waals surface area (Å²) in [7, 11) is 0. The Kier molecular flexibility index (Phi) is 5.12. The zero-order chi connectivity index (χ0) is 20.4. The number of nitrogens with zero attached hydrogens (tertiary/aromatic N) is 2. The van der Waals surface area contributed by atoms with Gasteiger partial charge < -0.3 is 10.5 Å². The van der Waals surface area contributed by atoms with Crippen molar-refractivity contribution in [2.24, 2.45) is 5.73 Å². The van der Waals surface area contributed by atoms with Crippen LogP contribution >= 0.6 is 0 Å². The van der Waals surface area contributed by atoms with Crippen molar-refractivity contribution in [3.05, 3.63) is 75.8 Å². The third-order valence-electron chi connectivity index (χ3n) is 4.98. The van der Waals surface area contributed by atoms with E-state index in [1.54, 1.807) is 34.9 Å². The number of rotatable bonds is 7. The fourth-order valence-corrected chi connectivity index (χ4v) is 3.29. The van der Waals surface area contributed by atoms with Crippen molar-refractivity contribution in [1.29, 1.82) is 0 Å². The van der Waals surface area contributed by atoms with Gasteiger partial charge in [-0.2, -0.15) is 0 Å². The van der Waals surface area contributed by atoms with E-state index < -0.39 is 5.91 Å². The normalized spacial score (nSPS) is 13.4. The zero-order valence-electron chi connectivity index (χ0n) is 15.8. The number of fused-ring (bicyclic) bond motifs is 1. The molecular weight excluding hydrogens is 370 g/mol. The summed E-state index contributed by atoms with van der Waals surface area (Å²) in [5, 5.41) is 0.602. The molecule has 7 nitrogen and oxygen atoms in total. The van der Waals surface area contributed by atoms with Crippen LogP contribution in [0.3, 0.4) is 0 Å². The molecule has 7 heteroatoms. The third kappa shape index (κ3) is 4.18. The number of benzene rings is 2. The summed E-state index contributed by atoms with van der Waals surface area (Å²) >= 11 is 0. The number of hydrogen-bond acceptors (Lipinski definition) is 5. The number of nitrogens with two attached hydrogens (primary N) is 1. The Bertz CT molecular complexity index is 1130. The number of para-hydroxylation sites is 1. The molecule has 1 aliphatic rings. The Morgan fingerprint density at radius 3 is 2.52 bits per heavy atom. The Morgan fingerprint density at radius 2 is 1.83 bits per heavy atom. The molecule has 4 rings (SSSR count). The smallest absolute Gasteiger partial charge is 0.306 e. The lowest BCUT2D eigenvalue weighted by molar-refractivity contribution is -0.144. The second-order valence-corrected chi connectivity index (χ2v) is 7.17. The molecule has 1 aromatic heterocycles. The van der Waals surface area contributed by atoms with Gasteiger partial charge in [0.1, 0.15) is 12.4 Å². The average Bonchev–Trinajstić information content (AvgIpc) is 3.56. The first kappa shape index (κ1) is 18.9. The molecule has 0 unspecified atom stereocenters. The van der Waals surface area contributed by atoms with Crippen LogP contribution in [-0.4, -0.2) is 21.4 Å². The van der Waals surface area contributed by atoms with Crippen molar-refractivity contribution in [2.75, 3.05) is 0 Å². The van der Waals surface area contributed by atoms with Crippen LogP contribution in [0.1, 0.15) is 47.1 Å². The first-order valence-corrected chi connectivity index (χ1v) is 9.57. The van der Waals surface area contributed by atoms with Crippen molar-refractivity contribution < 1.29 is 14.3 Å². The van der Waals surface area contributed by atoms with E-state index in [0.29, 0.717) is 28.7 Å². The average molecular weight is 391 g/mol. The second-order valence-electron chi connectivity index (χ2n) is 7.17. The number of primary amides is 1. The van der Waals surface area contributed by atoms with Gasteiger partial charge in [0.05, 0.1) is 17.3 Å². The topological polar surface area (TPSA) is 104 Å². The fraction of sp³-hybridized carbons (Fsp3) is 0.273. The maximum Gasteiger partial charge on any atom is 0.306 e. The number of carbonyl (C=O) groups is 2. The SMILES string of the molecule is NC(=O)c1ccc(COC(=O)CCc2nc3ccccc3c(=O)n2C2CC2)cc1. The number of carbonyl (C=O) groups excluding carboxylic acids is 2. The van der Waals surface area contributed by atoms with Gasteiger partial charge in [-0.25, -0.2) is 4.98 Å². The molecular formula is C22H21N3O4. The van der Waals surface area contributed by atoms with E-state index in [-0.39, 0.29) is 30.6 Å². The molecule has 1 fully saturated rings. The van der Waals surface area contributed by atoms with Gasteiger partial charge in [-0.3, -0.25) is 19.0 Å². The molecule has 0 saturated heterocycles. The van der Waals surface area contributed by atoms with E-state index in [0.717, 1.165) is 18.4 Å². The molecule has 3 aromatic rings. The minimum Gasteiger partial charge on any atom is -0.461 e. The molecule has 2 aromatic carbocycles. The van der Waals surface area contributed by atoms with Crippen LogP contribution in [0.25, 0.3) is 10.9 Å². The largest absolute Gasteiger partial charge is 0.461 e. The highest BCUT2D eigenvalue weighted by Gasteiger charge is 2.28. The molecule has 1 aliphatic carbocycles. The Labute approximate surface area is 167 Å². The fourth-order valence-electron chi connectivity index (χ4n) is 3.29. The quantitative estimate of drug-likeness (QED) is 0.623. The second kappa shape index (κ2) is 7.87. The Balaban J connectivity index is 1.42. The minimum atomic E-state index is -0.502. The van der Waals surface area contributed by atoms with E-state index in [1.807, 2.05) is 18.2 Å². The van der Waals surface area contributed by atoms with Gasteiger partial charge in [-0.1, -0.05) is 24.3 Å². The monoisotopic (exact) mass is 391 g/mol. The van der Waals surface area contributed by atoms with Crippen LogP contribution < -0.4 is 11.3 Å². The summed E-state index contributed by atoms with van der Waals surface area (Å²) in [5.41, 5.74) is 6.98. The summed E-state index contributed by atoms with van der Waals surface area (Å²) in [6.45, 7) is 0.110. The van der Waals surface area contributed by atoms with Crippen LogP contribution in [-0.2, 0) is 22.6 Å². The Hall–Kier alpha value is -3.48. The number of aryl methyl sites for hydroxylation is 1. The molecule has 29 heavy (non-hydrogen) atoms. The molecule has 1 saturated carbocycles. The van der Waals surface area contributed by atoms with Crippen molar-refractivity contribution in [3.8, 4) is 0 Å². The van der Waals surface area contributed by atoms with E-state index in [2.05, 4.69) is 4.98 Å². The van der Waals surface area contributed by atoms with Gasteiger partial charge >= 0.3 is 5.97 Å². The van der Waals surface area contributed by atoms with Gasteiger partial charge in [0.2, 0.25) is 5.91 Å². The summed E-state index contributed by atoms with van der Waals surface area (Å²) < 4.78 is 7.05. The number of amides is 1. The number of hydrogen-bond donors (Lipinski definition) is 1. The van der Waals surface area contributed by atoms with Gasteiger partial charge in [0.15, 0.2) is 0 Å². The van der Waals surface area contributed by atoms with Crippen molar-refractivity contribution in [3.63, 3.8) is 0 Å². The highest BCUT2D eigenvalue weighted by atomic mass is 16.5.